The molecule has 2 heterocycles. The minimum Gasteiger partial charge on any atom is -0.368 e. The summed E-state index contributed by atoms with van der Waals surface area (Å²) in [5, 5.41) is 2.67. The van der Waals surface area contributed by atoms with E-state index in [1.54, 1.807) is 18.2 Å². The number of nitrogens with two attached hydrogens (primary N) is 1. The Kier molecular flexibility index (Phi) is 5.65. The summed E-state index contributed by atoms with van der Waals surface area (Å²) in [6.45, 7) is 0. The molecule has 0 aliphatic heterocycles. The largest absolute Gasteiger partial charge is 0.368 e. The number of nitrogens with one attached hydrogen (secondary N) is 1. The summed E-state index contributed by atoms with van der Waals surface area (Å²) < 4.78 is 0.675. The summed E-state index contributed by atoms with van der Waals surface area (Å²) in [5.41, 5.74) is 7.44. The second kappa shape index (κ2) is 8.12. The molecule has 3 N–H and O–H groups in total. The van der Waals surface area contributed by atoms with Gasteiger partial charge in [0.25, 0.3) is 5.91 Å². The normalized spacial score (nSPS) is 11.7. The number of halogens is 1. The molecular formula is C19H16ClN3O2S. The quantitative estimate of drug-likeness (QED) is 0.682. The predicted molar refractivity (Wildman–Crippen MR) is 103 cm³/mol. The van der Waals surface area contributed by atoms with Crippen LogP contribution in [0.4, 0.5) is 0 Å². The smallest absolute Gasteiger partial charge is 0.253 e. The minimum atomic E-state index is -0.791. The van der Waals surface area contributed by atoms with Gasteiger partial charge in [0.15, 0.2) is 0 Å². The Hall–Kier alpha value is -2.70. The zero-order chi connectivity index (χ0) is 18.5. The molecule has 0 saturated heterocycles. The second-order valence-corrected chi connectivity index (χ2v) is 7.37. The maximum absolute atomic E-state index is 12.4. The van der Waals surface area contributed by atoms with E-state index >= 15 is 0 Å². The van der Waals surface area contributed by atoms with Crippen molar-refractivity contribution in [2.75, 3.05) is 0 Å². The number of carbonyl (C=O) groups is 2. The Morgan fingerprint density at radius 2 is 1.88 bits per heavy atom. The predicted octanol–water partition coefficient (Wildman–Crippen LogP) is 3.29. The van der Waals surface area contributed by atoms with Gasteiger partial charge in [-0.05, 0) is 29.8 Å². The molecule has 0 bridgehead atoms. The lowest BCUT2D eigenvalue weighted by Gasteiger charge is -2.15. The summed E-state index contributed by atoms with van der Waals surface area (Å²) in [5.74, 6) is -0.979. The van der Waals surface area contributed by atoms with Gasteiger partial charge in [-0.25, -0.2) is 0 Å². The maximum atomic E-state index is 12.4. The number of amides is 2. The summed E-state index contributed by atoms with van der Waals surface area (Å²) in [4.78, 5) is 29.3. The van der Waals surface area contributed by atoms with Gasteiger partial charge in [-0.2, -0.15) is 0 Å². The number of hydrogen-bond acceptors (Lipinski definition) is 4. The van der Waals surface area contributed by atoms with Crippen LogP contribution in [0.25, 0.3) is 10.6 Å². The minimum absolute atomic E-state index is 0.334. The van der Waals surface area contributed by atoms with Crippen LogP contribution >= 0.6 is 22.9 Å². The number of aromatic nitrogens is 1. The first-order valence-corrected chi connectivity index (χ1v) is 9.08. The summed E-state index contributed by atoms with van der Waals surface area (Å²) in [6.07, 6.45) is 1.81. The van der Waals surface area contributed by atoms with E-state index in [0.717, 1.165) is 16.1 Å². The van der Waals surface area contributed by atoms with Gasteiger partial charge in [0.1, 0.15) is 6.04 Å². The Bertz CT molecular complexity index is 910. The standard InChI is InChI=1S/C19H16ClN3O2S/c20-17-9-8-16(26-17)14-7-6-13(11-22-14)19(25)23-15(18(21)24)10-12-4-2-1-3-5-12/h1-9,11,15H,10H2,(H2,21,24)(H,23,25)/t15-/m0/s1. The number of hydrogen-bond donors (Lipinski definition) is 2. The zero-order valence-electron chi connectivity index (χ0n) is 13.7. The monoisotopic (exact) mass is 385 g/mol. The Morgan fingerprint density at radius 3 is 2.46 bits per heavy atom. The molecule has 3 rings (SSSR count). The van der Waals surface area contributed by atoms with Crippen LogP contribution < -0.4 is 11.1 Å². The highest BCUT2D eigenvalue weighted by Gasteiger charge is 2.19. The van der Waals surface area contributed by atoms with Crippen LogP contribution in [0.15, 0.2) is 60.8 Å². The van der Waals surface area contributed by atoms with Gasteiger partial charge in [0.05, 0.1) is 20.5 Å². The third kappa shape index (κ3) is 4.47. The fourth-order valence-corrected chi connectivity index (χ4v) is 3.46. The van der Waals surface area contributed by atoms with E-state index in [2.05, 4.69) is 10.3 Å². The van der Waals surface area contributed by atoms with Crippen molar-refractivity contribution in [2.45, 2.75) is 12.5 Å². The number of rotatable bonds is 6. The van der Waals surface area contributed by atoms with Gasteiger partial charge < -0.3 is 11.1 Å². The molecule has 0 unspecified atom stereocenters. The van der Waals surface area contributed by atoms with Gasteiger partial charge in [-0.1, -0.05) is 41.9 Å². The number of pyridine rings is 1. The van der Waals surface area contributed by atoms with E-state index in [9.17, 15) is 9.59 Å². The molecule has 2 aromatic heterocycles. The van der Waals surface area contributed by atoms with E-state index in [1.165, 1.54) is 17.5 Å². The van der Waals surface area contributed by atoms with E-state index in [0.29, 0.717) is 16.3 Å². The van der Waals surface area contributed by atoms with Crippen LogP contribution in [0.5, 0.6) is 0 Å². The van der Waals surface area contributed by atoms with Crippen molar-refractivity contribution in [1.82, 2.24) is 10.3 Å². The van der Waals surface area contributed by atoms with Crippen LogP contribution in [0.1, 0.15) is 15.9 Å². The zero-order valence-corrected chi connectivity index (χ0v) is 15.3. The Labute approximate surface area is 159 Å². The average Bonchev–Trinajstić information content (AvgIpc) is 3.08. The highest BCUT2D eigenvalue weighted by atomic mass is 35.5. The van der Waals surface area contributed by atoms with E-state index in [-0.39, 0.29) is 0 Å². The van der Waals surface area contributed by atoms with Gasteiger partial charge in [0.2, 0.25) is 5.91 Å². The molecule has 5 nitrogen and oxygen atoms in total. The van der Waals surface area contributed by atoms with Gasteiger partial charge in [0, 0.05) is 12.6 Å². The van der Waals surface area contributed by atoms with E-state index < -0.39 is 17.9 Å². The van der Waals surface area contributed by atoms with Crippen LogP contribution in [0.2, 0.25) is 4.34 Å². The van der Waals surface area contributed by atoms with Crippen molar-refractivity contribution in [1.29, 1.82) is 0 Å². The first-order valence-electron chi connectivity index (χ1n) is 7.89. The van der Waals surface area contributed by atoms with E-state index in [1.807, 2.05) is 36.4 Å². The molecule has 0 radical (unpaired) electrons. The van der Waals surface area contributed by atoms with Crippen molar-refractivity contribution >= 4 is 34.8 Å². The summed E-state index contributed by atoms with van der Waals surface area (Å²) in [7, 11) is 0. The maximum Gasteiger partial charge on any atom is 0.253 e. The molecule has 132 valence electrons. The molecule has 26 heavy (non-hydrogen) atoms. The number of benzene rings is 1. The van der Waals surface area contributed by atoms with Crippen molar-refractivity contribution in [3.63, 3.8) is 0 Å². The number of primary amides is 1. The fraction of sp³-hybridized carbons (Fsp3) is 0.105. The third-order valence-corrected chi connectivity index (χ3v) is 5.04. The molecule has 0 aliphatic rings. The first kappa shape index (κ1) is 18.1. The number of nitrogens with zero attached hydrogens (tertiary/aromatic N) is 1. The Balaban J connectivity index is 1.70. The lowest BCUT2D eigenvalue weighted by molar-refractivity contribution is -0.119. The SMILES string of the molecule is NC(=O)[C@H](Cc1ccccc1)NC(=O)c1ccc(-c2ccc(Cl)s2)nc1. The molecular weight excluding hydrogens is 370 g/mol. The van der Waals surface area contributed by atoms with Crippen LogP contribution in [-0.2, 0) is 11.2 Å². The first-order chi connectivity index (χ1) is 12.5. The van der Waals surface area contributed by atoms with Crippen molar-refractivity contribution in [3.8, 4) is 10.6 Å². The topological polar surface area (TPSA) is 85.1 Å². The molecule has 0 fully saturated rings. The molecule has 3 aromatic rings. The average molecular weight is 386 g/mol. The fourth-order valence-electron chi connectivity index (χ4n) is 2.44. The molecule has 1 aromatic carbocycles. The van der Waals surface area contributed by atoms with Crippen molar-refractivity contribution in [2.24, 2.45) is 5.73 Å². The van der Waals surface area contributed by atoms with Gasteiger partial charge in [-0.15, -0.1) is 11.3 Å². The lowest BCUT2D eigenvalue weighted by atomic mass is 10.1. The molecule has 0 spiro atoms. The van der Waals surface area contributed by atoms with Crippen molar-refractivity contribution < 1.29 is 9.59 Å². The number of carbonyl (C=O) groups excluding carboxylic acids is 2. The lowest BCUT2D eigenvalue weighted by Crippen LogP contribution is -2.45. The van der Waals surface area contributed by atoms with Crippen molar-refractivity contribution in [3.05, 3.63) is 76.3 Å². The molecule has 0 saturated carbocycles. The summed E-state index contributed by atoms with van der Waals surface area (Å²) >= 11 is 7.34. The third-order valence-electron chi connectivity index (χ3n) is 3.78. The number of thiophene rings is 1. The van der Waals surface area contributed by atoms with Gasteiger partial charge in [-0.3, -0.25) is 14.6 Å². The summed E-state index contributed by atoms with van der Waals surface area (Å²) in [6, 6.07) is 15.7. The van der Waals surface area contributed by atoms with Gasteiger partial charge >= 0.3 is 0 Å². The van der Waals surface area contributed by atoms with Crippen LogP contribution in [-0.4, -0.2) is 22.8 Å². The Morgan fingerprint density at radius 1 is 1.12 bits per heavy atom. The van der Waals surface area contributed by atoms with Crippen LogP contribution in [0.3, 0.4) is 0 Å². The highest BCUT2D eigenvalue weighted by Crippen LogP contribution is 2.29. The second-order valence-electron chi connectivity index (χ2n) is 5.65. The van der Waals surface area contributed by atoms with Crippen LogP contribution in [0, 0.1) is 0 Å². The molecule has 1 atom stereocenters. The van der Waals surface area contributed by atoms with E-state index in [4.69, 9.17) is 17.3 Å². The molecule has 7 heteroatoms. The highest BCUT2D eigenvalue weighted by molar-refractivity contribution is 7.19. The molecule has 0 aliphatic carbocycles. The molecule has 2 amide bonds.